The van der Waals surface area contributed by atoms with Crippen LogP contribution in [-0.4, -0.2) is 16.5 Å². The first-order chi connectivity index (χ1) is 10.7. The number of aromatic nitrogens is 2. The first-order valence-electron chi connectivity index (χ1n) is 7.02. The predicted octanol–water partition coefficient (Wildman–Crippen LogP) is 4.19. The van der Waals surface area contributed by atoms with Gasteiger partial charge in [0.2, 0.25) is 5.13 Å². The SMILES string of the molecule is COc1cccc(Cc2nsc(Nc3ccc(C)cc3)n2)c1. The molecule has 0 aliphatic heterocycles. The Bertz CT molecular complexity index is 753. The van der Waals surface area contributed by atoms with Gasteiger partial charge < -0.3 is 10.1 Å². The fourth-order valence-electron chi connectivity index (χ4n) is 2.10. The maximum Gasteiger partial charge on any atom is 0.207 e. The van der Waals surface area contributed by atoms with E-state index in [1.165, 1.54) is 17.1 Å². The first kappa shape index (κ1) is 14.5. The van der Waals surface area contributed by atoms with E-state index in [2.05, 4.69) is 39.8 Å². The molecule has 4 nitrogen and oxygen atoms in total. The van der Waals surface area contributed by atoms with Crippen molar-refractivity contribution in [1.82, 2.24) is 9.36 Å². The van der Waals surface area contributed by atoms with E-state index in [0.717, 1.165) is 28.0 Å². The molecule has 1 N–H and O–H groups in total. The average molecular weight is 311 g/mol. The molecular weight excluding hydrogens is 294 g/mol. The summed E-state index contributed by atoms with van der Waals surface area (Å²) in [6.45, 7) is 2.07. The number of aryl methyl sites for hydroxylation is 1. The first-order valence-corrected chi connectivity index (χ1v) is 7.79. The molecular formula is C17H17N3OS. The van der Waals surface area contributed by atoms with Crippen molar-refractivity contribution >= 4 is 22.4 Å². The summed E-state index contributed by atoms with van der Waals surface area (Å²) >= 11 is 1.37. The molecule has 2 aromatic carbocycles. The van der Waals surface area contributed by atoms with Crippen molar-refractivity contribution in [2.75, 3.05) is 12.4 Å². The number of ether oxygens (including phenoxy) is 1. The molecule has 0 aliphatic carbocycles. The van der Waals surface area contributed by atoms with Gasteiger partial charge in [0.05, 0.1) is 7.11 Å². The molecule has 0 atom stereocenters. The lowest BCUT2D eigenvalue weighted by Gasteiger charge is -2.02. The molecule has 0 fully saturated rings. The topological polar surface area (TPSA) is 47.0 Å². The predicted molar refractivity (Wildman–Crippen MR) is 90.2 cm³/mol. The van der Waals surface area contributed by atoms with Crippen molar-refractivity contribution in [2.24, 2.45) is 0 Å². The summed E-state index contributed by atoms with van der Waals surface area (Å²) in [5.41, 5.74) is 3.40. The van der Waals surface area contributed by atoms with Gasteiger partial charge in [0.15, 0.2) is 0 Å². The zero-order valence-electron chi connectivity index (χ0n) is 12.5. The van der Waals surface area contributed by atoms with Gasteiger partial charge in [0, 0.05) is 23.6 Å². The molecule has 0 saturated heterocycles. The molecule has 1 aromatic heterocycles. The van der Waals surface area contributed by atoms with Crippen LogP contribution < -0.4 is 10.1 Å². The minimum atomic E-state index is 0.698. The van der Waals surface area contributed by atoms with Crippen molar-refractivity contribution < 1.29 is 4.74 Å². The zero-order chi connectivity index (χ0) is 15.4. The maximum absolute atomic E-state index is 5.24. The summed E-state index contributed by atoms with van der Waals surface area (Å²) in [7, 11) is 1.67. The van der Waals surface area contributed by atoms with Crippen LogP contribution >= 0.6 is 11.5 Å². The fourth-order valence-corrected chi connectivity index (χ4v) is 2.71. The van der Waals surface area contributed by atoms with Crippen molar-refractivity contribution in [3.8, 4) is 5.75 Å². The Labute approximate surface area is 134 Å². The highest BCUT2D eigenvalue weighted by atomic mass is 32.1. The lowest BCUT2D eigenvalue weighted by atomic mass is 10.1. The molecule has 0 unspecified atom stereocenters. The third-order valence-corrected chi connectivity index (χ3v) is 3.94. The van der Waals surface area contributed by atoms with Crippen molar-refractivity contribution in [1.29, 1.82) is 0 Å². The van der Waals surface area contributed by atoms with Gasteiger partial charge in [0.25, 0.3) is 0 Å². The molecule has 0 amide bonds. The van der Waals surface area contributed by atoms with Gasteiger partial charge >= 0.3 is 0 Å². The average Bonchev–Trinajstić information content (AvgIpc) is 2.97. The summed E-state index contributed by atoms with van der Waals surface area (Å²) in [5, 5.41) is 4.09. The minimum absolute atomic E-state index is 0.698. The molecule has 0 radical (unpaired) electrons. The van der Waals surface area contributed by atoms with E-state index in [1.54, 1.807) is 7.11 Å². The number of anilines is 2. The maximum atomic E-state index is 5.24. The zero-order valence-corrected chi connectivity index (χ0v) is 13.4. The number of rotatable bonds is 5. The Kier molecular flexibility index (Phi) is 4.34. The Balaban J connectivity index is 1.69. The third kappa shape index (κ3) is 3.62. The Morgan fingerprint density at radius 2 is 1.95 bits per heavy atom. The minimum Gasteiger partial charge on any atom is -0.497 e. The van der Waals surface area contributed by atoms with Gasteiger partial charge in [-0.3, -0.25) is 0 Å². The van der Waals surface area contributed by atoms with Gasteiger partial charge in [-0.25, -0.2) is 4.98 Å². The Morgan fingerprint density at radius 3 is 2.73 bits per heavy atom. The fraction of sp³-hybridized carbons (Fsp3) is 0.176. The molecule has 0 bridgehead atoms. The van der Waals surface area contributed by atoms with Gasteiger partial charge in [-0.1, -0.05) is 29.8 Å². The molecule has 1 heterocycles. The molecule has 3 aromatic rings. The lowest BCUT2D eigenvalue weighted by Crippen LogP contribution is -1.93. The van der Waals surface area contributed by atoms with Crippen molar-refractivity contribution in [2.45, 2.75) is 13.3 Å². The number of hydrogen-bond acceptors (Lipinski definition) is 5. The second-order valence-corrected chi connectivity index (χ2v) is 5.79. The van der Waals surface area contributed by atoms with Crippen molar-refractivity contribution in [3.05, 3.63) is 65.5 Å². The van der Waals surface area contributed by atoms with Crippen LogP contribution in [0.1, 0.15) is 17.0 Å². The summed E-state index contributed by atoms with van der Waals surface area (Å²) < 4.78 is 9.64. The normalized spacial score (nSPS) is 10.5. The van der Waals surface area contributed by atoms with Crippen LogP contribution in [0.2, 0.25) is 0 Å². The third-order valence-electron chi connectivity index (χ3n) is 3.27. The molecule has 5 heteroatoms. The Hall–Kier alpha value is -2.40. The molecule has 0 aliphatic rings. The van der Waals surface area contributed by atoms with E-state index in [1.807, 2.05) is 30.3 Å². The van der Waals surface area contributed by atoms with Gasteiger partial charge in [0.1, 0.15) is 11.6 Å². The smallest absolute Gasteiger partial charge is 0.207 e. The van der Waals surface area contributed by atoms with Gasteiger partial charge in [-0.2, -0.15) is 4.37 Å². The monoisotopic (exact) mass is 311 g/mol. The van der Waals surface area contributed by atoms with E-state index in [9.17, 15) is 0 Å². The molecule has 0 spiro atoms. The van der Waals surface area contributed by atoms with E-state index in [0.29, 0.717) is 6.42 Å². The highest BCUT2D eigenvalue weighted by Crippen LogP contribution is 2.21. The number of nitrogens with zero attached hydrogens (tertiary/aromatic N) is 2. The van der Waals surface area contributed by atoms with Gasteiger partial charge in [-0.15, -0.1) is 0 Å². The van der Waals surface area contributed by atoms with Crippen LogP contribution in [0.25, 0.3) is 0 Å². The standard InChI is InChI=1S/C17H17N3OS/c1-12-6-8-14(9-7-12)18-17-19-16(20-22-17)11-13-4-3-5-15(10-13)21-2/h3-10H,11H2,1-2H3,(H,18,19,20). The highest BCUT2D eigenvalue weighted by molar-refractivity contribution is 7.09. The molecule has 0 saturated carbocycles. The van der Waals surface area contributed by atoms with Crippen LogP contribution in [0, 0.1) is 6.92 Å². The van der Waals surface area contributed by atoms with Crippen LogP contribution in [0.5, 0.6) is 5.75 Å². The quantitative estimate of drug-likeness (QED) is 0.767. The van der Waals surface area contributed by atoms with Crippen LogP contribution in [0.15, 0.2) is 48.5 Å². The largest absolute Gasteiger partial charge is 0.497 e. The van der Waals surface area contributed by atoms with Crippen LogP contribution in [0.4, 0.5) is 10.8 Å². The molecule has 3 rings (SSSR count). The molecule has 22 heavy (non-hydrogen) atoms. The summed E-state index contributed by atoms with van der Waals surface area (Å²) in [6, 6.07) is 16.2. The summed E-state index contributed by atoms with van der Waals surface area (Å²) in [6.07, 6.45) is 0.698. The number of benzene rings is 2. The summed E-state index contributed by atoms with van der Waals surface area (Å²) in [5.74, 6) is 1.67. The lowest BCUT2D eigenvalue weighted by molar-refractivity contribution is 0.414. The number of hydrogen-bond donors (Lipinski definition) is 1. The van der Waals surface area contributed by atoms with Gasteiger partial charge in [-0.05, 0) is 36.8 Å². The Morgan fingerprint density at radius 1 is 1.14 bits per heavy atom. The number of nitrogens with one attached hydrogen (secondary N) is 1. The second kappa shape index (κ2) is 6.58. The van der Waals surface area contributed by atoms with Crippen LogP contribution in [-0.2, 0) is 6.42 Å². The van der Waals surface area contributed by atoms with E-state index in [4.69, 9.17) is 4.74 Å². The van der Waals surface area contributed by atoms with E-state index in [-0.39, 0.29) is 0 Å². The second-order valence-electron chi connectivity index (χ2n) is 5.04. The number of methoxy groups -OCH3 is 1. The van der Waals surface area contributed by atoms with Crippen molar-refractivity contribution in [3.63, 3.8) is 0 Å². The highest BCUT2D eigenvalue weighted by Gasteiger charge is 2.06. The van der Waals surface area contributed by atoms with Crippen LogP contribution in [0.3, 0.4) is 0 Å². The molecule has 112 valence electrons. The summed E-state index contributed by atoms with van der Waals surface area (Å²) in [4.78, 5) is 4.53. The van der Waals surface area contributed by atoms with E-state index >= 15 is 0 Å². The van der Waals surface area contributed by atoms with E-state index < -0.39 is 0 Å².